The Bertz CT molecular complexity index is 3780. The molecule has 0 spiro atoms. The predicted molar refractivity (Wildman–Crippen MR) is 376 cm³/mol. The van der Waals surface area contributed by atoms with E-state index in [0.717, 1.165) is 25.7 Å². The fraction of sp³-hybridized carbons (Fsp3) is 0.333. The molecule has 4 N–H and O–H groups in total. The van der Waals surface area contributed by atoms with Crippen LogP contribution >= 0.6 is 77.4 Å². The molecule has 0 aromatic heterocycles. The maximum absolute atomic E-state index is 12.4. The van der Waals surface area contributed by atoms with E-state index in [4.69, 9.17) is 18.9 Å². The van der Waals surface area contributed by atoms with E-state index in [1.807, 2.05) is 18.8 Å². The number of esters is 4. The molecule has 3 fully saturated rings. The third-order valence-corrected chi connectivity index (χ3v) is 20.5. The number of likely N-dealkylation sites (tertiary alicyclic amines) is 3. The minimum absolute atomic E-state index is 0. The van der Waals surface area contributed by atoms with E-state index < -0.39 is 51.4 Å². The first kappa shape index (κ1) is 83.1. The second-order valence-corrected chi connectivity index (χ2v) is 29.3. The fourth-order valence-corrected chi connectivity index (χ4v) is 14.8. The predicted octanol–water partition coefficient (Wildman–Crippen LogP) is 6.05. The van der Waals surface area contributed by atoms with Gasteiger partial charge in [0.05, 0.1) is 56.8 Å². The SMILES string of the molecule is CSSC1CC(=O)N(CCC(=O)Oc2ccc(O)c(C=NCCN=Cc3cc(OC(=O)CCN4C(=O)C=C(S)C4=O)ccc3O)c2)C1=O.CSSC1CC(=O)N(CCC(=O)Oc2ccc(O)c(C=NCCN=Cc3cc(OC(=O)CCN4C(=O)CC(SSC)C4=O)ccc3O)c2)C1=O.[Fe].[Fe]. The molecule has 28 nitrogen and oxygen atoms in total. The number of rotatable bonds is 32. The van der Waals surface area contributed by atoms with E-state index in [9.17, 15) is 78.0 Å². The van der Waals surface area contributed by atoms with Crippen LogP contribution in [0.15, 0.2) is 104 Å². The van der Waals surface area contributed by atoms with Gasteiger partial charge in [-0.15, -0.1) is 12.6 Å². The number of carbonyl (C=O) groups excluding carboxylic acids is 12. The molecular weight excluding hydrogens is 1520 g/mol. The van der Waals surface area contributed by atoms with Gasteiger partial charge in [-0.25, -0.2) is 0 Å². The van der Waals surface area contributed by atoms with E-state index in [2.05, 4.69) is 32.6 Å². The average molecular weight is 1590 g/mol. The monoisotopic (exact) mass is 1590 g/mol. The number of imide groups is 4. The number of benzene rings is 4. The summed E-state index contributed by atoms with van der Waals surface area (Å²) >= 11 is 3.91. The van der Waals surface area contributed by atoms with Crippen LogP contribution in [0.3, 0.4) is 0 Å². The second-order valence-electron chi connectivity index (χ2n) is 20.8. The van der Waals surface area contributed by atoms with Gasteiger partial charge in [0.25, 0.3) is 11.8 Å². The Morgan fingerprint density at radius 1 is 0.440 bits per heavy atom. The molecular formula is C63H64Fe2N8O20S7. The van der Waals surface area contributed by atoms with Crippen molar-refractivity contribution in [1.82, 2.24) is 19.6 Å². The molecule has 534 valence electrons. The van der Waals surface area contributed by atoms with Crippen molar-refractivity contribution in [3.05, 3.63) is 106 Å². The van der Waals surface area contributed by atoms with Crippen LogP contribution in [0.1, 0.15) is 67.2 Å². The average Bonchev–Trinajstić information content (AvgIpc) is 1.62. The molecule has 0 aliphatic carbocycles. The van der Waals surface area contributed by atoms with E-state index in [0.29, 0.717) is 0 Å². The van der Waals surface area contributed by atoms with Crippen LogP contribution in [0.2, 0.25) is 0 Å². The van der Waals surface area contributed by atoms with Crippen LogP contribution < -0.4 is 18.9 Å². The summed E-state index contributed by atoms with van der Waals surface area (Å²) in [6.07, 6.45) is 11.6. The number of amides is 8. The topological polar surface area (TPSA) is 385 Å². The minimum Gasteiger partial charge on any atom is -0.507 e. The maximum atomic E-state index is 12.4. The van der Waals surface area contributed by atoms with E-state index in [1.54, 1.807) is 0 Å². The van der Waals surface area contributed by atoms with Crippen molar-refractivity contribution in [2.45, 2.75) is 60.7 Å². The molecule has 4 heterocycles. The van der Waals surface area contributed by atoms with Gasteiger partial charge in [0.2, 0.25) is 35.4 Å². The zero-order valence-electron chi connectivity index (χ0n) is 53.2. The number of thiol groups is 1. The van der Waals surface area contributed by atoms with Crippen molar-refractivity contribution < 1.29 is 131 Å². The van der Waals surface area contributed by atoms with Crippen molar-refractivity contribution in [2.24, 2.45) is 20.0 Å². The third kappa shape index (κ3) is 24.6. The number of hydrogen-bond acceptors (Lipinski definition) is 31. The van der Waals surface area contributed by atoms with Gasteiger partial charge in [0, 0.05) is 133 Å². The number of hydrogen-bond donors (Lipinski definition) is 5. The summed E-state index contributed by atoms with van der Waals surface area (Å²) in [5.41, 5.74) is 1.11. The number of phenols is 4. The Balaban J connectivity index is 0.000000354. The minimum atomic E-state index is -0.692. The number of aliphatic imine (C=N–C) groups is 4. The zero-order chi connectivity index (χ0) is 71.0. The number of nitrogens with zero attached hydrogens (tertiary/aromatic N) is 8. The number of phenolic OH excluding ortho intramolecular Hbond substituents is 4. The van der Waals surface area contributed by atoms with Gasteiger partial charge in [-0.1, -0.05) is 64.8 Å². The van der Waals surface area contributed by atoms with E-state index in [1.165, 1.54) is 162 Å². The molecule has 0 radical (unpaired) electrons. The molecule has 37 heteroatoms. The molecule has 3 saturated heterocycles. The van der Waals surface area contributed by atoms with Crippen molar-refractivity contribution in [1.29, 1.82) is 0 Å². The molecule has 4 aliphatic heterocycles. The van der Waals surface area contributed by atoms with Gasteiger partial charge in [-0.2, -0.15) is 0 Å². The molecule has 3 atom stereocenters. The summed E-state index contributed by atoms with van der Waals surface area (Å²) in [6, 6.07) is 16.6. The molecule has 8 rings (SSSR count). The van der Waals surface area contributed by atoms with Crippen LogP contribution in [0, 0.1) is 0 Å². The summed E-state index contributed by atoms with van der Waals surface area (Å²) in [5, 5.41) is 39.4. The maximum Gasteiger partial charge on any atom is 0.312 e. The summed E-state index contributed by atoms with van der Waals surface area (Å²) in [7, 11) is 8.14. The van der Waals surface area contributed by atoms with Crippen LogP contribution in [0.4, 0.5) is 0 Å². The van der Waals surface area contributed by atoms with Crippen LogP contribution in [-0.2, 0) is 91.7 Å². The van der Waals surface area contributed by atoms with Crippen molar-refractivity contribution in [2.75, 3.05) is 71.1 Å². The summed E-state index contributed by atoms with van der Waals surface area (Å²) in [4.78, 5) is 168. The molecule has 0 bridgehead atoms. The van der Waals surface area contributed by atoms with Crippen molar-refractivity contribution in [3.63, 3.8) is 0 Å². The summed E-state index contributed by atoms with van der Waals surface area (Å²) < 4.78 is 21.2. The second kappa shape index (κ2) is 41.4. The molecule has 4 aromatic rings. The van der Waals surface area contributed by atoms with Gasteiger partial charge < -0.3 is 39.4 Å². The summed E-state index contributed by atoms with van der Waals surface area (Å²) in [5.74, 6) is -5.56. The molecule has 3 unspecified atom stereocenters. The Morgan fingerprint density at radius 2 is 0.690 bits per heavy atom. The van der Waals surface area contributed by atoms with Gasteiger partial charge in [-0.3, -0.25) is 97.1 Å². The molecule has 4 aromatic carbocycles. The first-order valence-corrected chi connectivity index (χ1v) is 37.8. The molecule has 8 amide bonds. The number of carbonyl (C=O) groups is 12. The zero-order valence-corrected chi connectivity index (χ0v) is 61.2. The summed E-state index contributed by atoms with van der Waals surface area (Å²) in [6.45, 7) is 0.389. The number of aromatic hydroxyl groups is 4. The van der Waals surface area contributed by atoms with Gasteiger partial charge in [-0.05, 0) is 91.6 Å². The number of ether oxygens (including phenoxy) is 4. The molecule has 0 saturated carbocycles. The van der Waals surface area contributed by atoms with E-state index in [-0.39, 0.29) is 240 Å². The smallest absolute Gasteiger partial charge is 0.312 e. The van der Waals surface area contributed by atoms with Crippen molar-refractivity contribution >= 4 is 173 Å². The van der Waals surface area contributed by atoms with E-state index >= 15 is 0 Å². The van der Waals surface area contributed by atoms with Gasteiger partial charge in [0.15, 0.2) is 0 Å². The fourth-order valence-electron chi connectivity index (χ4n) is 9.17. The Morgan fingerprint density at radius 3 is 0.920 bits per heavy atom. The quantitative estimate of drug-likeness (QED) is 0.00543. The van der Waals surface area contributed by atoms with Crippen LogP contribution in [0.25, 0.3) is 0 Å². The largest absolute Gasteiger partial charge is 0.507 e. The van der Waals surface area contributed by atoms with Crippen LogP contribution in [-0.4, -0.2) is 223 Å². The van der Waals surface area contributed by atoms with Crippen LogP contribution in [0.5, 0.6) is 46.0 Å². The molecule has 100 heavy (non-hydrogen) atoms. The Hall–Kier alpha value is -7.57. The van der Waals surface area contributed by atoms with Gasteiger partial charge >= 0.3 is 23.9 Å². The van der Waals surface area contributed by atoms with Gasteiger partial charge in [0.1, 0.15) is 61.7 Å². The first-order chi connectivity index (χ1) is 47.0. The molecule has 4 aliphatic rings. The standard InChI is InChI=1S/C32H34N4O10S4.C31H30N4O10S3.2Fe/c1-47-49-25-15-27(39)35(31(25)43)11-7-29(41)45-21-3-5-23(37)19(13-21)17-33-9-10-34-18-20-14-22(4-6-24(20)38)46-30(42)8-12-36-28(40)16-26(32(36)44)50-48-2;1-47-48-25-15-27(39)35(31(25)43)11-7-29(41)45-21-3-5-23(37)19(13-21)17-33-9-8-32-16-18-12-20(2-4-22(18)36)44-28(40)6-10-34-26(38)14-24(46)30(34)42;;/h3-6,13-14,17-18,25-26,37-38H,7-12,15-16H2,1-2H3;2-5,12-14,16-17,25,36-37,46H,6-11,15H2,1H3;;. The first-order valence-electron chi connectivity index (χ1n) is 29.5. The Kier molecular flexibility index (Phi) is 34.4. The third-order valence-electron chi connectivity index (χ3n) is 14.0. The Labute approximate surface area is 623 Å². The normalized spacial score (nSPS) is 16.8. The van der Waals surface area contributed by atoms with Crippen molar-refractivity contribution in [3.8, 4) is 46.0 Å².